The van der Waals surface area contributed by atoms with E-state index in [-0.39, 0.29) is 11.2 Å². The molecule has 0 saturated carbocycles. The van der Waals surface area contributed by atoms with Gasteiger partial charge < -0.3 is 20.1 Å². The molecule has 1 unspecified atom stereocenters. The molecule has 4 N–H and O–H groups in total. The number of aliphatic hydroxyl groups excluding tert-OH is 1. The van der Waals surface area contributed by atoms with Gasteiger partial charge in [0.05, 0.1) is 5.02 Å². The highest BCUT2D eigenvalue weighted by Gasteiger charge is 2.20. The third kappa shape index (κ3) is 3.27. The van der Waals surface area contributed by atoms with Crippen molar-refractivity contribution < 1.29 is 24.9 Å². The van der Waals surface area contributed by atoms with Crippen LogP contribution >= 0.6 is 23.2 Å². The van der Waals surface area contributed by atoms with E-state index in [1.807, 2.05) is 0 Å². The molecular weight excluding hydrogens is 295 g/mol. The lowest BCUT2D eigenvalue weighted by molar-refractivity contribution is -0.147. The predicted molar refractivity (Wildman–Crippen MR) is 70.4 cm³/mol. The molecule has 0 saturated heterocycles. The SMILES string of the molecule is O.O=C(O)C(O)c1ccc(-c2ccc(Cl)cc2Cl)o1. The van der Waals surface area contributed by atoms with Crippen LogP contribution < -0.4 is 0 Å². The Morgan fingerprint density at radius 1 is 1.21 bits per heavy atom. The normalized spacial score (nSPS) is 11.7. The van der Waals surface area contributed by atoms with Crippen molar-refractivity contribution >= 4 is 29.2 Å². The van der Waals surface area contributed by atoms with Gasteiger partial charge in [-0.25, -0.2) is 4.79 Å². The molecule has 0 aliphatic heterocycles. The lowest BCUT2D eigenvalue weighted by Crippen LogP contribution is -2.09. The second-order valence-electron chi connectivity index (χ2n) is 3.57. The minimum atomic E-state index is -1.69. The molecule has 5 nitrogen and oxygen atoms in total. The molecule has 2 aromatic rings. The second-order valence-corrected chi connectivity index (χ2v) is 4.41. The van der Waals surface area contributed by atoms with E-state index in [1.165, 1.54) is 12.1 Å². The summed E-state index contributed by atoms with van der Waals surface area (Å²) in [4.78, 5) is 10.6. The number of benzene rings is 1. The van der Waals surface area contributed by atoms with Crippen LogP contribution in [0.5, 0.6) is 0 Å². The monoisotopic (exact) mass is 304 g/mol. The van der Waals surface area contributed by atoms with E-state index in [1.54, 1.807) is 18.2 Å². The number of furan rings is 1. The second kappa shape index (κ2) is 6.08. The fourth-order valence-corrected chi connectivity index (χ4v) is 1.96. The van der Waals surface area contributed by atoms with Gasteiger partial charge in [-0.1, -0.05) is 23.2 Å². The highest BCUT2D eigenvalue weighted by molar-refractivity contribution is 6.36. The first-order valence-corrected chi connectivity index (χ1v) is 5.70. The van der Waals surface area contributed by atoms with Crippen LogP contribution in [0.1, 0.15) is 11.9 Å². The number of aliphatic hydroxyl groups is 1. The molecule has 0 aliphatic rings. The topological polar surface area (TPSA) is 102 Å². The number of rotatable bonds is 3. The first-order chi connectivity index (χ1) is 8.49. The summed E-state index contributed by atoms with van der Waals surface area (Å²) in [7, 11) is 0. The first kappa shape index (κ1) is 15.5. The Labute approximate surface area is 118 Å². The Morgan fingerprint density at radius 2 is 1.89 bits per heavy atom. The van der Waals surface area contributed by atoms with Gasteiger partial charge in [-0.3, -0.25) is 0 Å². The van der Waals surface area contributed by atoms with Crippen molar-refractivity contribution in [2.75, 3.05) is 0 Å². The predicted octanol–water partition coefficient (Wildman–Crippen LogP) is 2.55. The van der Waals surface area contributed by atoms with Crippen LogP contribution in [0.15, 0.2) is 34.7 Å². The highest BCUT2D eigenvalue weighted by atomic mass is 35.5. The zero-order chi connectivity index (χ0) is 13.3. The first-order valence-electron chi connectivity index (χ1n) is 4.95. The number of aliphatic carboxylic acids is 1. The molecule has 1 atom stereocenters. The van der Waals surface area contributed by atoms with Gasteiger partial charge in [-0.05, 0) is 30.3 Å². The van der Waals surface area contributed by atoms with Crippen LogP contribution in [0.2, 0.25) is 10.0 Å². The third-order valence-corrected chi connectivity index (χ3v) is 2.87. The van der Waals surface area contributed by atoms with Crippen LogP contribution in [-0.2, 0) is 4.79 Å². The smallest absolute Gasteiger partial charge is 0.340 e. The van der Waals surface area contributed by atoms with E-state index in [4.69, 9.17) is 32.7 Å². The fraction of sp³-hybridized carbons (Fsp3) is 0.0833. The molecule has 1 aromatic carbocycles. The van der Waals surface area contributed by atoms with Gasteiger partial charge in [-0.15, -0.1) is 0 Å². The molecule has 19 heavy (non-hydrogen) atoms. The van der Waals surface area contributed by atoms with Crippen molar-refractivity contribution in [1.82, 2.24) is 0 Å². The number of hydrogen-bond acceptors (Lipinski definition) is 3. The molecular formula is C12H10Cl2O5. The largest absolute Gasteiger partial charge is 0.479 e. The third-order valence-electron chi connectivity index (χ3n) is 2.33. The molecule has 0 aliphatic carbocycles. The minimum Gasteiger partial charge on any atom is -0.479 e. The molecule has 0 amide bonds. The van der Waals surface area contributed by atoms with E-state index in [2.05, 4.69) is 0 Å². The summed E-state index contributed by atoms with van der Waals surface area (Å²) in [5.41, 5.74) is 0.574. The molecule has 7 heteroatoms. The Kier molecular flexibility index (Phi) is 4.97. The number of carboxylic acid groups (broad SMARTS) is 1. The van der Waals surface area contributed by atoms with Gasteiger partial charge in [0.1, 0.15) is 11.5 Å². The molecule has 0 radical (unpaired) electrons. The van der Waals surface area contributed by atoms with Gasteiger partial charge in [0, 0.05) is 10.6 Å². The standard InChI is InChI=1S/C12H8Cl2O4.H2O/c13-6-1-2-7(8(14)5-6)9-3-4-10(18-9)11(15)12(16)17;/h1-5,11,15H,(H,16,17);1H2. The maximum Gasteiger partial charge on any atom is 0.340 e. The average molecular weight is 305 g/mol. The van der Waals surface area contributed by atoms with Crippen LogP contribution in [0, 0.1) is 0 Å². The van der Waals surface area contributed by atoms with E-state index in [0.717, 1.165) is 0 Å². The Bertz CT molecular complexity index is 594. The lowest BCUT2D eigenvalue weighted by atomic mass is 10.2. The van der Waals surface area contributed by atoms with Crippen molar-refractivity contribution in [3.8, 4) is 11.3 Å². The van der Waals surface area contributed by atoms with Crippen molar-refractivity contribution in [2.45, 2.75) is 6.10 Å². The van der Waals surface area contributed by atoms with E-state index >= 15 is 0 Å². The summed E-state index contributed by atoms with van der Waals surface area (Å²) in [5, 5.41) is 18.8. The molecule has 1 aromatic heterocycles. The van der Waals surface area contributed by atoms with E-state index < -0.39 is 12.1 Å². The van der Waals surface area contributed by atoms with Crippen molar-refractivity contribution in [3.63, 3.8) is 0 Å². The maximum atomic E-state index is 10.6. The van der Waals surface area contributed by atoms with Gasteiger partial charge >= 0.3 is 5.97 Å². The number of carboxylic acids is 1. The fourth-order valence-electron chi connectivity index (χ4n) is 1.46. The summed E-state index contributed by atoms with van der Waals surface area (Å²) in [6, 6.07) is 7.77. The molecule has 0 spiro atoms. The summed E-state index contributed by atoms with van der Waals surface area (Å²) in [6.45, 7) is 0. The van der Waals surface area contributed by atoms with Gasteiger partial charge in [0.2, 0.25) is 6.10 Å². The minimum absolute atomic E-state index is 0. The zero-order valence-corrected chi connectivity index (χ0v) is 10.9. The summed E-state index contributed by atoms with van der Waals surface area (Å²) >= 11 is 11.8. The Hall–Kier alpha value is -1.53. The van der Waals surface area contributed by atoms with Crippen LogP contribution in [0.4, 0.5) is 0 Å². The molecule has 0 fully saturated rings. The average Bonchev–Trinajstić information content (AvgIpc) is 2.77. The summed E-state index contributed by atoms with van der Waals surface area (Å²) in [5.74, 6) is -1.06. The number of halogens is 2. The quantitative estimate of drug-likeness (QED) is 0.909. The lowest BCUT2D eigenvalue weighted by Gasteiger charge is -2.03. The van der Waals surface area contributed by atoms with Crippen molar-refractivity contribution in [1.29, 1.82) is 0 Å². The van der Waals surface area contributed by atoms with Crippen molar-refractivity contribution in [2.24, 2.45) is 0 Å². The molecule has 102 valence electrons. The van der Waals surface area contributed by atoms with Crippen molar-refractivity contribution in [3.05, 3.63) is 46.1 Å². The van der Waals surface area contributed by atoms with Gasteiger partial charge in [0.25, 0.3) is 0 Å². The molecule has 2 rings (SSSR count). The molecule has 1 heterocycles. The van der Waals surface area contributed by atoms with Gasteiger partial charge in [0.15, 0.2) is 0 Å². The number of carbonyl (C=O) groups is 1. The van der Waals surface area contributed by atoms with Crippen LogP contribution in [0.3, 0.4) is 0 Å². The Balaban J connectivity index is 0.00000180. The Morgan fingerprint density at radius 3 is 2.47 bits per heavy atom. The highest BCUT2D eigenvalue weighted by Crippen LogP contribution is 2.32. The van der Waals surface area contributed by atoms with E-state index in [0.29, 0.717) is 21.4 Å². The number of hydrogen-bond donors (Lipinski definition) is 2. The summed E-state index contributed by atoms with van der Waals surface area (Å²) < 4.78 is 5.26. The van der Waals surface area contributed by atoms with Crippen LogP contribution in [-0.4, -0.2) is 21.7 Å². The molecule has 0 bridgehead atoms. The maximum absolute atomic E-state index is 10.6. The van der Waals surface area contributed by atoms with E-state index in [9.17, 15) is 9.90 Å². The van der Waals surface area contributed by atoms with Gasteiger partial charge in [-0.2, -0.15) is 0 Å². The van der Waals surface area contributed by atoms with Crippen LogP contribution in [0.25, 0.3) is 11.3 Å². The summed E-state index contributed by atoms with van der Waals surface area (Å²) in [6.07, 6.45) is -1.69. The zero-order valence-electron chi connectivity index (χ0n) is 9.43.